The van der Waals surface area contributed by atoms with Gasteiger partial charge in [0.2, 0.25) is 10.0 Å². The van der Waals surface area contributed by atoms with Crippen LogP contribution in [0.25, 0.3) is 0 Å². The van der Waals surface area contributed by atoms with Gasteiger partial charge >= 0.3 is 6.29 Å². The Labute approximate surface area is 159 Å². The monoisotopic (exact) mass is 410 g/mol. The van der Waals surface area contributed by atoms with Crippen LogP contribution in [0.1, 0.15) is 22.8 Å². The predicted octanol–water partition coefficient (Wildman–Crippen LogP) is 2.97. The molecule has 0 bridgehead atoms. The lowest BCUT2D eigenvalue weighted by molar-refractivity contribution is -0.286. The molecule has 1 N–H and O–H groups in total. The smallest absolute Gasteiger partial charge is 0.395 e. The maximum absolute atomic E-state index is 13.1. The number of anilines is 2. The van der Waals surface area contributed by atoms with Crippen molar-refractivity contribution in [2.75, 3.05) is 15.9 Å². The van der Waals surface area contributed by atoms with Crippen LogP contribution in [0.2, 0.25) is 0 Å². The Morgan fingerprint density at radius 1 is 1.18 bits per heavy atom. The van der Waals surface area contributed by atoms with E-state index < -0.39 is 22.2 Å². The highest BCUT2D eigenvalue weighted by Crippen LogP contribution is 2.42. The molecule has 0 fully saturated rings. The number of rotatable bonds is 3. The first-order chi connectivity index (χ1) is 13.0. The molecule has 0 aliphatic carbocycles. The van der Waals surface area contributed by atoms with Crippen molar-refractivity contribution in [3.8, 4) is 11.5 Å². The highest BCUT2D eigenvalue weighted by Gasteiger charge is 2.43. The van der Waals surface area contributed by atoms with Crippen LogP contribution in [-0.2, 0) is 16.4 Å². The summed E-state index contributed by atoms with van der Waals surface area (Å²) < 4.78 is 60.2. The first-order valence-corrected chi connectivity index (χ1v) is 10.2. The van der Waals surface area contributed by atoms with Crippen LogP contribution < -0.4 is 19.1 Å². The number of fused-ring (bicyclic) bond motifs is 2. The van der Waals surface area contributed by atoms with Gasteiger partial charge in [0, 0.05) is 23.4 Å². The first kappa shape index (κ1) is 18.5. The molecule has 0 spiro atoms. The van der Waals surface area contributed by atoms with E-state index in [1.165, 1.54) is 28.6 Å². The van der Waals surface area contributed by atoms with E-state index in [-0.39, 0.29) is 23.2 Å². The quantitative estimate of drug-likeness (QED) is 0.841. The van der Waals surface area contributed by atoms with Crippen LogP contribution in [0, 0.1) is 0 Å². The van der Waals surface area contributed by atoms with Crippen molar-refractivity contribution in [2.45, 2.75) is 25.7 Å². The molecule has 1 atom stereocenters. The minimum absolute atomic E-state index is 0.115. The fourth-order valence-electron chi connectivity index (χ4n) is 3.48. The van der Waals surface area contributed by atoms with Crippen LogP contribution in [0.15, 0.2) is 36.4 Å². The van der Waals surface area contributed by atoms with Crippen molar-refractivity contribution in [1.29, 1.82) is 0 Å². The molecule has 2 aromatic carbocycles. The van der Waals surface area contributed by atoms with Crippen molar-refractivity contribution in [3.63, 3.8) is 0 Å². The molecule has 10 heteroatoms. The van der Waals surface area contributed by atoms with Crippen molar-refractivity contribution in [1.82, 2.24) is 0 Å². The largest absolute Gasteiger partial charge is 0.586 e. The van der Waals surface area contributed by atoms with Gasteiger partial charge in [-0.1, -0.05) is 0 Å². The van der Waals surface area contributed by atoms with E-state index in [0.29, 0.717) is 17.7 Å². The van der Waals surface area contributed by atoms with Crippen LogP contribution in [0.4, 0.5) is 20.2 Å². The molecule has 28 heavy (non-hydrogen) atoms. The second kappa shape index (κ2) is 6.06. The van der Waals surface area contributed by atoms with Crippen molar-refractivity contribution < 1.29 is 31.5 Å². The van der Waals surface area contributed by atoms with E-state index in [9.17, 15) is 22.0 Å². The number of benzene rings is 2. The van der Waals surface area contributed by atoms with E-state index >= 15 is 0 Å². The lowest BCUT2D eigenvalue weighted by Crippen LogP contribution is -2.34. The Kier molecular flexibility index (Phi) is 4.00. The summed E-state index contributed by atoms with van der Waals surface area (Å²) in [6, 6.07) is 8.45. The minimum Gasteiger partial charge on any atom is -0.395 e. The van der Waals surface area contributed by atoms with Gasteiger partial charge in [-0.3, -0.25) is 9.10 Å². The summed E-state index contributed by atoms with van der Waals surface area (Å²) in [5.41, 5.74) is 1.88. The van der Waals surface area contributed by atoms with Crippen LogP contribution >= 0.6 is 0 Å². The zero-order chi connectivity index (χ0) is 20.3. The van der Waals surface area contributed by atoms with Crippen molar-refractivity contribution in [2.24, 2.45) is 0 Å². The van der Waals surface area contributed by atoms with Crippen molar-refractivity contribution >= 4 is 27.3 Å². The molecule has 1 unspecified atom stereocenters. The number of sulfonamides is 1. The Balaban J connectivity index is 1.56. The lowest BCUT2D eigenvalue weighted by atomic mass is 10.1. The van der Waals surface area contributed by atoms with Gasteiger partial charge in [-0.25, -0.2) is 8.42 Å². The van der Waals surface area contributed by atoms with Gasteiger partial charge in [0.05, 0.1) is 11.9 Å². The van der Waals surface area contributed by atoms with E-state index in [0.717, 1.165) is 11.8 Å². The first-order valence-electron chi connectivity index (χ1n) is 8.37. The normalized spacial score (nSPS) is 19.4. The molecular weight excluding hydrogens is 394 g/mol. The molecule has 0 saturated carbocycles. The minimum atomic E-state index is -3.73. The molecule has 2 aromatic rings. The van der Waals surface area contributed by atoms with Crippen molar-refractivity contribution in [3.05, 3.63) is 47.5 Å². The summed E-state index contributed by atoms with van der Waals surface area (Å²) in [5.74, 6) is -0.747. The third-order valence-corrected chi connectivity index (χ3v) is 5.78. The molecule has 2 heterocycles. The van der Waals surface area contributed by atoms with E-state index in [4.69, 9.17) is 0 Å². The molecular formula is C18H16F2N2O5S. The second-order valence-electron chi connectivity index (χ2n) is 6.74. The van der Waals surface area contributed by atoms with Gasteiger partial charge in [-0.2, -0.15) is 0 Å². The van der Waals surface area contributed by atoms with Gasteiger partial charge in [0.15, 0.2) is 11.5 Å². The zero-order valence-corrected chi connectivity index (χ0v) is 15.7. The maximum Gasteiger partial charge on any atom is 0.586 e. The Bertz CT molecular complexity index is 1090. The van der Waals surface area contributed by atoms with Crippen LogP contribution in [0.3, 0.4) is 0 Å². The van der Waals surface area contributed by atoms with Gasteiger partial charge in [0.25, 0.3) is 5.91 Å². The number of ether oxygens (including phenoxy) is 2. The zero-order valence-electron chi connectivity index (χ0n) is 14.9. The number of alkyl halides is 2. The number of nitrogens with one attached hydrogen (secondary N) is 1. The molecule has 2 aliphatic rings. The molecule has 0 radical (unpaired) electrons. The fourth-order valence-corrected chi connectivity index (χ4v) is 4.74. The predicted molar refractivity (Wildman–Crippen MR) is 97.5 cm³/mol. The van der Waals surface area contributed by atoms with E-state index in [1.54, 1.807) is 19.1 Å². The highest BCUT2D eigenvalue weighted by molar-refractivity contribution is 7.92. The number of hydrogen-bond donors (Lipinski definition) is 1. The summed E-state index contributed by atoms with van der Waals surface area (Å²) >= 11 is 0. The highest BCUT2D eigenvalue weighted by atomic mass is 32.2. The number of carbonyl (C=O) groups excluding carboxylic acids is 1. The topological polar surface area (TPSA) is 84.9 Å². The summed E-state index contributed by atoms with van der Waals surface area (Å²) in [6.07, 6.45) is -2.10. The molecule has 4 rings (SSSR count). The third kappa shape index (κ3) is 3.24. The molecule has 2 aliphatic heterocycles. The molecule has 148 valence electrons. The fraction of sp³-hybridized carbons (Fsp3) is 0.278. The van der Waals surface area contributed by atoms with Gasteiger partial charge in [-0.05, 0) is 49.2 Å². The maximum atomic E-state index is 13.1. The number of nitrogens with zero attached hydrogens (tertiary/aromatic N) is 1. The summed E-state index contributed by atoms with van der Waals surface area (Å²) in [5, 5.41) is 2.61. The Morgan fingerprint density at radius 2 is 1.89 bits per heavy atom. The summed E-state index contributed by atoms with van der Waals surface area (Å²) in [6.45, 7) is 1.79. The standard InChI is InChI=1S/C18H16F2N2O5S/c1-10-7-12-8-11(3-5-14(12)22(10)28(2,24)25)17(23)21-13-4-6-15-16(9-13)27-18(19,20)26-15/h3-6,8-10H,7H2,1-2H3,(H,21,23). The van der Waals surface area contributed by atoms with Gasteiger partial charge < -0.3 is 14.8 Å². The Morgan fingerprint density at radius 3 is 2.61 bits per heavy atom. The number of halogens is 2. The molecule has 1 amide bonds. The molecule has 7 nitrogen and oxygen atoms in total. The number of hydrogen-bond acceptors (Lipinski definition) is 5. The Hall–Kier alpha value is -2.88. The molecule has 0 aromatic heterocycles. The van der Waals surface area contributed by atoms with Gasteiger partial charge in [-0.15, -0.1) is 8.78 Å². The van der Waals surface area contributed by atoms with E-state index in [2.05, 4.69) is 14.8 Å². The third-order valence-electron chi connectivity index (χ3n) is 4.51. The molecule has 0 saturated heterocycles. The average molecular weight is 410 g/mol. The summed E-state index contributed by atoms with van der Waals surface area (Å²) in [7, 11) is -3.42. The van der Waals surface area contributed by atoms with Crippen LogP contribution in [0.5, 0.6) is 11.5 Å². The number of amides is 1. The SMILES string of the molecule is CC1Cc2cc(C(=O)Nc3ccc4c(c3)OC(F)(F)O4)ccc2N1S(C)(=O)=O. The second-order valence-corrected chi connectivity index (χ2v) is 8.60. The number of carbonyl (C=O) groups is 1. The van der Waals surface area contributed by atoms with Gasteiger partial charge in [0.1, 0.15) is 0 Å². The van der Waals surface area contributed by atoms with Crippen LogP contribution in [-0.4, -0.2) is 32.9 Å². The average Bonchev–Trinajstić information content (AvgIpc) is 3.06. The lowest BCUT2D eigenvalue weighted by Gasteiger charge is -2.21. The van der Waals surface area contributed by atoms with E-state index in [1.807, 2.05) is 0 Å². The summed E-state index contributed by atoms with van der Waals surface area (Å²) in [4.78, 5) is 12.5.